The zero-order valence-electron chi connectivity index (χ0n) is 12.8. The number of aromatic nitrogens is 1. The van der Waals surface area contributed by atoms with Crippen LogP contribution in [0.15, 0.2) is 18.3 Å². The second-order valence-corrected chi connectivity index (χ2v) is 6.97. The molecule has 4 heteroatoms. The first kappa shape index (κ1) is 14.6. The van der Waals surface area contributed by atoms with Crippen LogP contribution in [0.4, 0.5) is 0 Å². The average molecular weight is 290 g/mol. The van der Waals surface area contributed by atoms with E-state index in [0.717, 1.165) is 25.0 Å². The highest BCUT2D eigenvalue weighted by Gasteiger charge is 2.39. The van der Waals surface area contributed by atoms with Crippen molar-refractivity contribution < 1.29 is 9.90 Å². The molecule has 116 valence electrons. The fourth-order valence-electron chi connectivity index (χ4n) is 3.99. The van der Waals surface area contributed by atoms with Gasteiger partial charge in [0.2, 0.25) is 0 Å². The van der Waals surface area contributed by atoms with Crippen molar-refractivity contribution in [1.29, 1.82) is 0 Å². The molecule has 2 N–H and O–H groups in total. The normalized spacial score (nSPS) is 29.9. The van der Waals surface area contributed by atoms with E-state index in [1.165, 1.54) is 25.7 Å². The van der Waals surface area contributed by atoms with Gasteiger partial charge in [-0.2, -0.15) is 0 Å². The monoisotopic (exact) mass is 290 g/mol. The maximum Gasteiger partial charge on any atom is 0.268 e. The number of carbonyl (C=O) groups excluding carboxylic acids is 1. The Morgan fingerprint density at radius 1 is 1.38 bits per heavy atom. The number of aliphatic hydroxyl groups is 1. The highest BCUT2D eigenvalue weighted by molar-refractivity contribution is 5.93. The summed E-state index contributed by atoms with van der Waals surface area (Å²) >= 11 is 0. The molecule has 1 aromatic rings. The first-order valence-electron chi connectivity index (χ1n) is 8.22. The molecule has 0 spiro atoms. The summed E-state index contributed by atoms with van der Waals surface area (Å²) in [7, 11) is 0. The van der Waals surface area contributed by atoms with E-state index < -0.39 is 0 Å². The molecule has 1 heterocycles. The van der Waals surface area contributed by atoms with Crippen molar-refractivity contribution in [3.8, 4) is 0 Å². The van der Waals surface area contributed by atoms with Crippen LogP contribution < -0.4 is 5.32 Å². The number of aliphatic hydroxyl groups excluding tert-OH is 1. The first-order chi connectivity index (χ1) is 10.1. The van der Waals surface area contributed by atoms with Gasteiger partial charge in [-0.3, -0.25) is 4.79 Å². The lowest BCUT2D eigenvalue weighted by Gasteiger charge is -2.30. The third-order valence-electron chi connectivity index (χ3n) is 5.48. The van der Waals surface area contributed by atoms with E-state index in [-0.39, 0.29) is 24.0 Å². The summed E-state index contributed by atoms with van der Waals surface area (Å²) in [6.07, 6.45) is 9.92. The van der Waals surface area contributed by atoms with Gasteiger partial charge >= 0.3 is 0 Å². The van der Waals surface area contributed by atoms with E-state index in [9.17, 15) is 9.90 Å². The quantitative estimate of drug-likeness (QED) is 0.896. The van der Waals surface area contributed by atoms with Gasteiger partial charge in [0, 0.05) is 23.7 Å². The van der Waals surface area contributed by atoms with Crippen LogP contribution in [0, 0.1) is 5.41 Å². The van der Waals surface area contributed by atoms with Gasteiger partial charge < -0.3 is 15.0 Å². The van der Waals surface area contributed by atoms with Gasteiger partial charge in [0.1, 0.15) is 5.69 Å². The molecule has 0 aromatic carbocycles. The van der Waals surface area contributed by atoms with Crippen molar-refractivity contribution >= 4 is 5.91 Å². The second-order valence-electron chi connectivity index (χ2n) is 6.97. The molecule has 2 unspecified atom stereocenters. The van der Waals surface area contributed by atoms with E-state index in [0.29, 0.717) is 6.04 Å². The third-order valence-corrected chi connectivity index (χ3v) is 5.48. The number of amides is 1. The van der Waals surface area contributed by atoms with Crippen molar-refractivity contribution in [3.63, 3.8) is 0 Å². The lowest BCUT2D eigenvalue weighted by atomic mass is 9.86. The maximum absolute atomic E-state index is 12.6. The van der Waals surface area contributed by atoms with Crippen LogP contribution in [-0.4, -0.2) is 28.2 Å². The van der Waals surface area contributed by atoms with E-state index in [4.69, 9.17) is 0 Å². The minimum Gasteiger partial charge on any atom is -0.396 e. The summed E-state index contributed by atoms with van der Waals surface area (Å²) in [5, 5.41) is 12.8. The summed E-state index contributed by atoms with van der Waals surface area (Å²) < 4.78 is 2.15. The fourth-order valence-corrected chi connectivity index (χ4v) is 3.99. The molecule has 0 bridgehead atoms. The largest absolute Gasteiger partial charge is 0.396 e. The van der Waals surface area contributed by atoms with Gasteiger partial charge in [-0.25, -0.2) is 0 Å². The lowest BCUT2D eigenvalue weighted by molar-refractivity contribution is 0.0820. The summed E-state index contributed by atoms with van der Waals surface area (Å²) in [5.41, 5.74) is 0.606. The molecule has 21 heavy (non-hydrogen) atoms. The van der Waals surface area contributed by atoms with E-state index in [2.05, 4.69) is 16.8 Å². The Hall–Kier alpha value is -1.29. The van der Waals surface area contributed by atoms with Crippen LogP contribution in [-0.2, 0) is 0 Å². The third kappa shape index (κ3) is 2.73. The van der Waals surface area contributed by atoms with Crippen molar-refractivity contribution in [2.24, 2.45) is 5.41 Å². The zero-order chi connectivity index (χ0) is 14.9. The predicted molar refractivity (Wildman–Crippen MR) is 82.2 cm³/mol. The molecule has 0 radical (unpaired) electrons. The molecule has 0 aliphatic heterocycles. The number of carbonyl (C=O) groups is 1. The first-order valence-corrected chi connectivity index (χ1v) is 8.22. The molecular formula is C17H26N2O2. The Bertz CT molecular complexity index is 505. The average Bonchev–Trinajstić information content (AvgIpc) is 3.18. The van der Waals surface area contributed by atoms with Crippen molar-refractivity contribution in [1.82, 2.24) is 9.88 Å². The summed E-state index contributed by atoms with van der Waals surface area (Å²) in [5.74, 6) is 0.0125. The molecule has 1 amide bonds. The molecule has 4 nitrogen and oxygen atoms in total. The van der Waals surface area contributed by atoms with Gasteiger partial charge in [-0.05, 0) is 37.8 Å². The van der Waals surface area contributed by atoms with Gasteiger partial charge in [0.05, 0.1) is 6.61 Å². The summed E-state index contributed by atoms with van der Waals surface area (Å²) in [6, 6.07) is 4.45. The minimum absolute atomic E-state index is 0.0125. The van der Waals surface area contributed by atoms with E-state index in [1.807, 2.05) is 18.3 Å². The van der Waals surface area contributed by atoms with Gasteiger partial charge in [-0.1, -0.05) is 26.2 Å². The molecule has 0 saturated heterocycles. The maximum atomic E-state index is 12.6. The molecule has 1 aromatic heterocycles. The van der Waals surface area contributed by atoms with Gasteiger partial charge in [0.15, 0.2) is 0 Å². The highest BCUT2D eigenvalue weighted by Crippen LogP contribution is 2.37. The molecule has 2 atom stereocenters. The zero-order valence-corrected chi connectivity index (χ0v) is 12.8. The number of hydrogen-bond donors (Lipinski definition) is 2. The Morgan fingerprint density at radius 2 is 2.14 bits per heavy atom. The number of nitrogens with zero attached hydrogens (tertiary/aromatic N) is 1. The van der Waals surface area contributed by atoms with E-state index in [1.54, 1.807) is 0 Å². The van der Waals surface area contributed by atoms with Crippen molar-refractivity contribution in [3.05, 3.63) is 24.0 Å². The topological polar surface area (TPSA) is 54.3 Å². The Labute approximate surface area is 126 Å². The number of nitrogens with one attached hydrogen (secondary N) is 1. The predicted octanol–water partition coefficient (Wildman–Crippen LogP) is 2.88. The summed E-state index contributed by atoms with van der Waals surface area (Å²) in [4.78, 5) is 12.6. The van der Waals surface area contributed by atoms with Gasteiger partial charge in [-0.15, -0.1) is 0 Å². The number of rotatable bonds is 4. The Morgan fingerprint density at radius 3 is 2.86 bits per heavy atom. The number of hydrogen-bond acceptors (Lipinski definition) is 2. The van der Waals surface area contributed by atoms with Crippen LogP contribution in [0.25, 0.3) is 0 Å². The second kappa shape index (κ2) is 5.84. The lowest BCUT2D eigenvalue weighted by Crippen LogP contribution is -2.45. The van der Waals surface area contributed by atoms with Crippen molar-refractivity contribution in [2.45, 2.75) is 64.0 Å². The fraction of sp³-hybridized carbons (Fsp3) is 0.706. The molecule has 2 aliphatic rings. The van der Waals surface area contributed by atoms with Gasteiger partial charge in [0.25, 0.3) is 5.91 Å². The van der Waals surface area contributed by atoms with Crippen molar-refractivity contribution in [2.75, 3.05) is 6.61 Å². The summed E-state index contributed by atoms with van der Waals surface area (Å²) in [6.45, 7) is 2.21. The Kier molecular flexibility index (Phi) is 4.07. The molecular weight excluding hydrogens is 264 g/mol. The smallest absolute Gasteiger partial charge is 0.268 e. The highest BCUT2D eigenvalue weighted by atomic mass is 16.3. The SMILES string of the molecule is CC1(CO)CCCC1NC(=O)c1cccn1C1CCCC1. The van der Waals surface area contributed by atoms with Crippen LogP contribution in [0.3, 0.4) is 0 Å². The van der Waals surface area contributed by atoms with Crippen LogP contribution >= 0.6 is 0 Å². The standard InChI is InChI=1S/C17H26N2O2/c1-17(12-20)10-4-9-15(17)18-16(21)14-8-5-11-19(14)13-6-2-3-7-13/h5,8,11,13,15,20H,2-4,6-7,9-10,12H2,1H3,(H,18,21). The Balaban J connectivity index is 1.73. The molecule has 2 aliphatic carbocycles. The van der Waals surface area contributed by atoms with Crippen LogP contribution in [0.2, 0.25) is 0 Å². The van der Waals surface area contributed by atoms with E-state index >= 15 is 0 Å². The minimum atomic E-state index is -0.166. The molecule has 2 fully saturated rings. The molecule has 2 saturated carbocycles. The van der Waals surface area contributed by atoms with Crippen LogP contribution in [0.1, 0.15) is 68.4 Å². The molecule has 3 rings (SSSR count). The van der Waals surface area contributed by atoms with Crippen LogP contribution in [0.5, 0.6) is 0 Å².